The van der Waals surface area contributed by atoms with E-state index in [0.29, 0.717) is 53.5 Å². The summed E-state index contributed by atoms with van der Waals surface area (Å²) in [4.78, 5) is 30.1. The van der Waals surface area contributed by atoms with E-state index < -0.39 is 5.79 Å². The van der Waals surface area contributed by atoms with E-state index >= 15 is 0 Å². The molecule has 6 unspecified atom stereocenters. The third-order valence-electron chi connectivity index (χ3n) is 10.8. The van der Waals surface area contributed by atoms with Gasteiger partial charge in [0.2, 0.25) is 11.7 Å². The minimum absolute atomic E-state index is 0.107. The molecular weight excluding hydrogens is 733 g/mol. The smallest absolute Gasteiger partial charge is 0.231 e. The van der Waals surface area contributed by atoms with E-state index in [-0.39, 0.29) is 54.6 Å². The van der Waals surface area contributed by atoms with Crippen LogP contribution in [0.3, 0.4) is 0 Å². The molecule has 3 aliphatic rings. The number of aliphatic hydroxyl groups is 2. The first-order valence-electron chi connectivity index (χ1n) is 19.3. The number of aldehydes is 1. The molecule has 298 valence electrons. The second-order valence-electron chi connectivity index (χ2n) is 14.4. The summed E-state index contributed by atoms with van der Waals surface area (Å²) in [6, 6.07) is 18.7. The molecule has 0 saturated heterocycles. The van der Waals surface area contributed by atoms with Crippen molar-refractivity contribution in [2.75, 3.05) is 39.4 Å². The summed E-state index contributed by atoms with van der Waals surface area (Å²) >= 11 is 1.64. The van der Waals surface area contributed by atoms with Gasteiger partial charge in [0.25, 0.3) is 0 Å². The molecule has 3 N–H and O–H groups in total. The molecule has 1 heterocycles. The van der Waals surface area contributed by atoms with Crippen molar-refractivity contribution in [3.63, 3.8) is 0 Å². The van der Waals surface area contributed by atoms with Crippen LogP contribution in [0.15, 0.2) is 95.0 Å². The van der Waals surface area contributed by atoms with Crippen molar-refractivity contribution in [2.45, 2.75) is 73.7 Å². The highest BCUT2D eigenvalue weighted by molar-refractivity contribution is 8.00. The van der Waals surface area contributed by atoms with Crippen molar-refractivity contribution in [2.24, 2.45) is 22.9 Å². The van der Waals surface area contributed by atoms with Crippen molar-refractivity contribution in [1.29, 1.82) is 0 Å². The van der Waals surface area contributed by atoms with Crippen LogP contribution in [0.4, 0.5) is 5.69 Å². The minimum atomic E-state index is -1.16. The van der Waals surface area contributed by atoms with Crippen molar-refractivity contribution in [3.8, 4) is 23.0 Å². The van der Waals surface area contributed by atoms with E-state index in [1.807, 2.05) is 42.5 Å². The highest BCUT2D eigenvalue weighted by Gasteiger charge is 2.64. The number of hydrogen-bond donors (Lipinski definition) is 3. The number of anilines is 1. The SMILES string of the molecule is C=CCOC12Oc3ccc(Oc4ccc(OC)c(C=O)c4)cc3C3C(CCCCO)C(CCCCO)C=C(C(=NOC)CC1Sc1ccc(NC(C)=O)cc1)C32. The largest absolute Gasteiger partial charge is 0.496 e. The number of thioether (sulfide) groups is 1. The van der Waals surface area contributed by atoms with Crippen molar-refractivity contribution < 1.29 is 43.6 Å². The first kappa shape index (κ1) is 41.0. The third kappa shape index (κ3) is 8.83. The van der Waals surface area contributed by atoms with Crippen LogP contribution in [0.2, 0.25) is 0 Å². The lowest BCUT2D eigenvalue weighted by Gasteiger charge is -2.58. The van der Waals surface area contributed by atoms with Gasteiger partial charge in [0, 0.05) is 48.6 Å². The Balaban J connectivity index is 1.52. The van der Waals surface area contributed by atoms with Gasteiger partial charge >= 0.3 is 0 Å². The number of methoxy groups -OCH3 is 1. The maximum Gasteiger partial charge on any atom is 0.231 e. The molecule has 12 heteroatoms. The number of aliphatic hydroxyl groups excluding tert-OH is 2. The number of rotatable bonds is 19. The van der Waals surface area contributed by atoms with Gasteiger partial charge in [-0.2, -0.15) is 0 Å². The van der Waals surface area contributed by atoms with E-state index in [9.17, 15) is 19.8 Å². The summed E-state index contributed by atoms with van der Waals surface area (Å²) in [5.41, 5.74) is 3.91. The van der Waals surface area contributed by atoms with Gasteiger partial charge in [0.15, 0.2) is 6.29 Å². The molecule has 3 aromatic carbocycles. The predicted octanol–water partition coefficient (Wildman–Crippen LogP) is 8.31. The number of allylic oxidation sites excluding steroid dienone is 1. The van der Waals surface area contributed by atoms with Crippen molar-refractivity contribution in [1.82, 2.24) is 0 Å². The number of benzene rings is 3. The molecule has 6 atom stereocenters. The summed E-state index contributed by atoms with van der Waals surface area (Å²) in [5, 5.41) is 26.9. The molecule has 56 heavy (non-hydrogen) atoms. The maximum absolute atomic E-state index is 11.8. The number of nitrogens with zero attached hydrogens (tertiary/aromatic N) is 1. The van der Waals surface area contributed by atoms with Gasteiger partial charge in [-0.1, -0.05) is 30.1 Å². The average molecular weight is 785 g/mol. The molecule has 0 bridgehead atoms. The zero-order valence-corrected chi connectivity index (χ0v) is 33.1. The van der Waals surface area contributed by atoms with Crippen LogP contribution in [0.1, 0.15) is 73.7 Å². The number of carbonyl (C=O) groups is 2. The Labute approximate surface area is 333 Å². The number of carbonyl (C=O) groups excluding carboxylic acids is 2. The zero-order valence-electron chi connectivity index (χ0n) is 32.3. The normalized spacial score (nSPS) is 24.2. The molecule has 1 amide bonds. The lowest BCUT2D eigenvalue weighted by molar-refractivity contribution is -0.223. The number of ether oxygens (including phenoxy) is 4. The Morgan fingerprint density at radius 2 is 1.75 bits per heavy atom. The van der Waals surface area contributed by atoms with Crippen LogP contribution in [-0.2, 0) is 14.4 Å². The fraction of sp³-hybridized carbons (Fsp3) is 0.432. The summed E-state index contributed by atoms with van der Waals surface area (Å²) in [7, 11) is 3.09. The lowest BCUT2D eigenvalue weighted by atomic mass is 9.56. The highest BCUT2D eigenvalue weighted by atomic mass is 32.2. The number of unbranched alkanes of at least 4 members (excludes halogenated alkanes) is 2. The average Bonchev–Trinajstić information content (AvgIpc) is 3.20. The molecule has 1 saturated carbocycles. The Kier molecular flexibility index (Phi) is 13.9. The Morgan fingerprint density at radius 3 is 2.43 bits per heavy atom. The molecule has 0 radical (unpaired) electrons. The quantitative estimate of drug-likeness (QED) is 0.0470. The van der Waals surface area contributed by atoms with E-state index in [4.69, 9.17) is 23.8 Å². The van der Waals surface area contributed by atoms with Crippen molar-refractivity contribution in [3.05, 3.63) is 96.1 Å². The Hall–Kier alpha value is -4.62. The second kappa shape index (κ2) is 19.0. The monoisotopic (exact) mass is 784 g/mol. The summed E-state index contributed by atoms with van der Waals surface area (Å²) < 4.78 is 26.0. The Morgan fingerprint density at radius 1 is 1.02 bits per heavy atom. The van der Waals surface area contributed by atoms with Crippen LogP contribution >= 0.6 is 11.8 Å². The molecule has 2 aliphatic carbocycles. The van der Waals surface area contributed by atoms with Gasteiger partial charge in [-0.15, -0.1) is 18.3 Å². The topological polar surface area (TPSA) is 145 Å². The first-order valence-corrected chi connectivity index (χ1v) is 20.1. The van der Waals surface area contributed by atoms with Crippen LogP contribution < -0.4 is 19.5 Å². The summed E-state index contributed by atoms with van der Waals surface area (Å²) in [6.45, 7) is 5.96. The van der Waals surface area contributed by atoms with Crippen LogP contribution in [-0.4, -0.2) is 73.2 Å². The van der Waals surface area contributed by atoms with Gasteiger partial charge < -0.3 is 39.3 Å². The number of nitrogens with one attached hydrogen (secondary N) is 1. The van der Waals surface area contributed by atoms with Crippen LogP contribution in [0.25, 0.3) is 0 Å². The summed E-state index contributed by atoms with van der Waals surface area (Å²) in [6.07, 6.45) is 10.1. The number of amides is 1. The molecular formula is C44H52N2O9S. The van der Waals surface area contributed by atoms with Crippen LogP contribution in [0.5, 0.6) is 23.0 Å². The molecule has 1 fully saturated rings. The third-order valence-corrected chi connectivity index (χ3v) is 12.2. The van der Waals surface area contributed by atoms with Gasteiger partial charge in [0.1, 0.15) is 30.1 Å². The molecule has 6 rings (SSSR count). The van der Waals surface area contributed by atoms with E-state index in [2.05, 4.69) is 23.1 Å². The van der Waals surface area contributed by atoms with E-state index in [1.165, 1.54) is 14.0 Å². The fourth-order valence-corrected chi connectivity index (χ4v) is 9.88. The zero-order chi connectivity index (χ0) is 39.7. The minimum Gasteiger partial charge on any atom is -0.496 e. The van der Waals surface area contributed by atoms with Gasteiger partial charge in [-0.3, -0.25) is 9.59 Å². The highest BCUT2D eigenvalue weighted by Crippen LogP contribution is 2.63. The standard InChI is InChI=1S/C44H52N2O9S/c1-5-22-53-44-41(56-34-16-12-31(13-17-34)45-28(2)50)26-38(46-52-4)36-24-29(10-6-8-20-47)35(11-7-9-21-48)42(43(36)44)37-25-33(15-19-40(37)55-44)54-32-14-18-39(51-3)30(23-32)27-49/h5,12-19,23-25,27,29,35,41-43,47-48H,1,6-11,20-22,26H2,2-4H3,(H,45,50). The van der Waals surface area contributed by atoms with Gasteiger partial charge in [-0.05, 0) is 104 Å². The summed E-state index contributed by atoms with van der Waals surface area (Å²) in [5.74, 6) is 0.732. The molecule has 0 spiro atoms. The van der Waals surface area contributed by atoms with Crippen molar-refractivity contribution >= 4 is 35.4 Å². The van der Waals surface area contributed by atoms with E-state index in [1.54, 1.807) is 43.1 Å². The predicted molar refractivity (Wildman–Crippen MR) is 217 cm³/mol. The maximum atomic E-state index is 11.8. The molecule has 0 aromatic heterocycles. The lowest BCUT2D eigenvalue weighted by Crippen LogP contribution is -2.64. The Bertz CT molecular complexity index is 1910. The number of hydrogen-bond acceptors (Lipinski definition) is 11. The molecule has 11 nitrogen and oxygen atoms in total. The second-order valence-corrected chi connectivity index (χ2v) is 15.7. The molecule has 1 aliphatic heterocycles. The van der Waals surface area contributed by atoms with Gasteiger partial charge in [0.05, 0.1) is 36.2 Å². The van der Waals surface area contributed by atoms with Crippen LogP contribution in [0, 0.1) is 17.8 Å². The fourth-order valence-electron chi connectivity index (χ4n) is 8.59. The number of fused-ring (bicyclic) bond motifs is 2. The first-order chi connectivity index (χ1) is 27.3. The van der Waals surface area contributed by atoms with E-state index in [0.717, 1.165) is 53.7 Å². The number of oxime groups is 1. The molecule has 3 aromatic rings. The van der Waals surface area contributed by atoms with Gasteiger partial charge in [-0.25, -0.2) is 0 Å².